The van der Waals surface area contributed by atoms with Crippen LogP contribution in [-0.2, 0) is 19.2 Å². The Morgan fingerprint density at radius 1 is 1.04 bits per heavy atom. The summed E-state index contributed by atoms with van der Waals surface area (Å²) in [5.41, 5.74) is 1.05. The Bertz CT molecular complexity index is 941. The maximum atomic E-state index is 12.6. The quantitative estimate of drug-likeness (QED) is 0.575. The third kappa shape index (κ3) is 4.66. The lowest BCUT2D eigenvalue weighted by molar-refractivity contribution is -0.131. The molecule has 7 nitrogen and oxygen atoms in total. The van der Waals surface area contributed by atoms with E-state index in [-0.39, 0.29) is 18.2 Å². The number of carbonyl (C=O) groups is 4. The summed E-state index contributed by atoms with van der Waals surface area (Å²) in [5, 5.41) is 10.5. The summed E-state index contributed by atoms with van der Waals surface area (Å²) in [6.45, 7) is 0. The van der Waals surface area contributed by atoms with Gasteiger partial charge in [-0.05, 0) is 36.4 Å². The lowest BCUT2D eigenvalue weighted by Crippen LogP contribution is -2.30. The zero-order valence-electron chi connectivity index (χ0n) is 14.6. The zero-order chi connectivity index (χ0) is 20.1. The van der Waals surface area contributed by atoms with Crippen molar-refractivity contribution in [3.63, 3.8) is 0 Å². The predicted molar refractivity (Wildman–Crippen MR) is 105 cm³/mol. The number of carboxylic acids is 1. The highest BCUT2D eigenvalue weighted by Crippen LogP contribution is 2.34. The molecule has 1 aliphatic rings. The summed E-state index contributed by atoms with van der Waals surface area (Å²) >= 11 is 1.29. The Kier molecular flexibility index (Phi) is 5.90. The molecule has 3 rings (SSSR count). The average Bonchev–Trinajstić information content (AvgIpc) is 2.95. The SMILES string of the molecule is O=C(O)C=CC(=O)Nc1ccc(SC2CC(=O)N(c3ccccc3)C2=O)cc1. The Labute approximate surface area is 165 Å². The van der Waals surface area contributed by atoms with Crippen molar-refractivity contribution in [2.75, 3.05) is 10.2 Å². The van der Waals surface area contributed by atoms with Gasteiger partial charge in [0, 0.05) is 29.2 Å². The first-order chi connectivity index (χ1) is 13.4. The molecule has 0 aromatic heterocycles. The van der Waals surface area contributed by atoms with E-state index in [0.29, 0.717) is 11.4 Å². The van der Waals surface area contributed by atoms with Crippen LogP contribution in [0.15, 0.2) is 71.6 Å². The molecule has 0 bridgehead atoms. The van der Waals surface area contributed by atoms with Gasteiger partial charge in [-0.1, -0.05) is 18.2 Å². The average molecular weight is 396 g/mol. The van der Waals surface area contributed by atoms with Crippen LogP contribution in [-0.4, -0.2) is 34.0 Å². The molecule has 2 aromatic rings. The molecule has 0 aliphatic carbocycles. The monoisotopic (exact) mass is 396 g/mol. The van der Waals surface area contributed by atoms with E-state index in [1.807, 2.05) is 6.07 Å². The first-order valence-electron chi connectivity index (χ1n) is 8.34. The highest BCUT2D eigenvalue weighted by molar-refractivity contribution is 8.00. The number of nitrogens with one attached hydrogen (secondary N) is 1. The third-order valence-electron chi connectivity index (χ3n) is 3.90. The van der Waals surface area contributed by atoms with E-state index in [1.54, 1.807) is 48.5 Å². The smallest absolute Gasteiger partial charge is 0.328 e. The van der Waals surface area contributed by atoms with Crippen molar-refractivity contribution < 1.29 is 24.3 Å². The van der Waals surface area contributed by atoms with E-state index >= 15 is 0 Å². The number of carbonyl (C=O) groups excluding carboxylic acids is 3. The van der Waals surface area contributed by atoms with Crippen molar-refractivity contribution >= 4 is 46.8 Å². The van der Waals surface area contributed by atoms with Crippen LogP contribution in [0.25, 0.3) is 0 Å². The predicted octanol–water partition coefficient (Wildman–Crippen LogP) is 2.69. The molecule has 142 valence electrons. The van der Waals surface area contributed by atoms with E-state index < -0.39 is 17.1 Å². The van der Waals surface area contributed by atoms with Gasteiger partial charge in [-0.2, -0.15) is 0 Å². The van der Waals surface area contributed by atoms with Gasteiger partial charge in [0.05, 0.1) is 10.9 Å². The van der Waals surface area contributed by atoms with Crippen molar-refractivity contribution in [3.05, 3.63) is 66.7 Å². The van der Waals surface area contributed by atoms with Gasteiger partial charge in [0.1, 0.15) is 0 Å². The van der Waals surface area contributed by atoms with Crippen molar-refractivity contribution in [2.45, 2.75) is 16.6 Å². The highest BCUT2D eigenvalue weighted by atomic mass is 32.2. The number of para-hydroxylation sites is 1. The molecule has 1 aliphatic heterocycles. The van der Waals surface area contributed by atoms with Gasteiger partial charge in [0.2, 0.25) is 17.7 Å². The van der Waals surface area contributed by atoms with Crippen molar-refractivity contribution in [2.24, 2.45) is 0 Å². The largest absolute Gasteiger partial charge is 0.478 e. The minimum absolute atomic E-state index is 0.122. The molecule has 1 unspecified atom stereocenters. The number of nitrogens with zero attached hydrogens (tertiary/aromatic N) is 1. The van der Waals surface area contributed by atoms with E-state index in [2.05, 4.69) is 5.32 Å². The first kappa shape index (κ1) is 19.4. The van der Waals surface area contributed by atoms with E-state index in [4.69, 9.17) is 5.11 Å². The van der Waals surface area contributed by atoms with E-state index in [0.717, 1.165) is 17.0 Å². The van der Waals surface area contributed by atoms with Crippen molar-refractivity contribution in [1.82, 2.24) is 0 Å². The number of aliphatic carboxylic acids is 1. The summed E-state index contributed by atoms with van der Waals surface area (Å²) < 4.78 is 0. The Morgan fingerprint density at radius 2 is 1.71 bits per heavy atom. The molecule has 28 heavy (non-hydrogen) atoms. The van der Waals surface area contributed by atoms with Crippen LogP contribution in [0.3, 0.4) is 0 Å². The van der Waals surface area contributed by atoms with E-state index in [9.17, 15) is 19.2 Å². The molecule has 1 saturated heterocycles. The summed E-state index contributed by atoms with van der Waals surface area (Å²) in [7, 11) is 0. The number of amides is 3. The molecule has 2 aromatic carbocycles. The molecule has 1 heterocycles. The van der Waals surface area contributed by atoms with Crippen LogP contribution >= 0.6 is 11.8 Å². The number of hydrogen-bond donors (Lipinski definition) is 2. The number of imide groups is 1. The molecule has 0 spiro atoms. The zero-order valence-corrected chi connectivity index (χ0v) is 15.4. The topological polar surface area (TPSA) is 104 Å². The first-order valence-corrected chi connectivity index (χ1v) is 9.22. The number of benzene rings is 2. The van der Waals surface area contributed by atoms with Gasteiger partial charge in [0.25, 0.3) is 0 Å². The molecule has 0 saturated carbocycles. The molecule has 2 N–H and O–H groups in total. The van der Waals surface area contributed by atoms with Crippen molar-refractivity contribution in [3.8, 4) is 0 Å². The van der Waals surface area contributed by atoms with Crippen LogP contribution in [0.5, 0.6) is 0 Å². The lowest BCUT2D eigenvalue weighted by Gasteiger charge is -2.14. The Hall–Kier alpha value is -3.39. The Balaban J connectivity index is 1.63. The van der Waals surface area contributed by atoms with Crippen LogP contribution < -0.4 is 10.2 Å². The molecular weight excluding hydrogens is 380 g/mol. The standard InChI is InChI=1S/C20H16N2O5S/c23-17(10-11-19(25)26)21-13-6-8-15(9-7-13)28-16-12-18(24)22(20(16)27)14-4-2-1-3-5-14/h1-11,16H,12H2,(H,21,23)(H,25,26). The minimum Gasteiger partial charge on any atom is -0.478 e. The lowest BCUT2D eigenvalue weighted by atomic mass is 10.3. The normalized spacial score (nSPS) is 16.6. The summed E-state index contributed by atoms with van der Waals surface area (Å²) in [5.74, 6) is -2.25. The summed E-state index contributed by atoms with van der Waals surface area (Å²) in [6.07, 6.45) is 1.80. The van der Waals surface area contributed by atoms with Crippen LogP contribution in [0, 0.1) is 0 Å². The fraction of sp³-hybridized carbons (Fsp3) is 0.100. The highest BCUT2D eigenvalue weighted by Gasteiger charge is 2.39. The second kappa shape index (κ2) is 8.53. The second-order valence-electron chi connectivity index (χ2n) is 5.90. The fourth-order valence-electron chi connectivity index (χ4n) is 2.66. The third-order valence-corrected chi connectivity index (χ3v) is 5.09. The van der Waals surface area contributed by atoms with Crippen LogP contribution in [0.4, 0.5) is 11.4 Å². The maximum absolute atomic E-state index is 12.6. The van der Waals surface area contributed by atoms with Crippen molar-refractivity contribution in [1.29, 1.82) is 0 Å². The number of rotatable bonds is 6. The second-order valence-corrected chi connectivity index (χ2v) is 7.17. The molecule has 8 heteroatoms. The minimum atomic E-state index is -1.21. The Morgan fingerprint density at radius 3 is 2.36 bits per heavy atom. The molecule has 3 amide bonds. The van der Waals surface area contributed by atoms with Crippen LogP contribution in [0.2, 0.25) is 0 Å². The van der Waals surface area contributed by atoms with Gasteiger partial charge in [-0.3, -0.25) is 14.4 Å². The molecule has 0 radical (unpaired) electrons. The van der Waals surface area contributed by atoms with E-state index in [1.165, 1.54) is 16.7 Å². The number of anilines is 2. The molecular formula is C20H16N2O5S. The molecule has 1 atom stereocenters. The van der Waals surface area contributed by atoms with Gasteiger partial charge in [-0.25, -0.2) is 9.69 Å². The van der Waals surface area contributed by atoms with Crippen LogP contribution in [0.1, 0.15) is 6.42 Å². The van der Waals surface area contributed by atoms with Gasteiger partial charge < -0.3 is 10.4 Å². The number of hydrogen-bond acceptors (Lipinski definition) is 5. The van der Waals surface area contributed by atoms with Gasteiger partial charge >= 0.3 is 5.97 Å². The number of carboxylic acid groups (broad SMARTS) is 1. The van der Waals surface area contributed by atoms with Gasteiger partial charge in [-0.15, -0.1) is 11.8 Å². The number of thioether (sulfide) groups is 1. The summed E-state index contributed by atoms with van der Waals surface area (Å²) in [6, 6.07) is 15.5. The fourth-order valence-corrected chi connectivity index (χ4v) is 3.71. The maximum Gasteiger partial charge on any atom is 0.328 e. The molecule has 1 fully saturated rings. The summed E-state index contributed by atoms with van der Waals surface area (Å²) in [4.78, 5) is 48.9. The van der Waals surface area contributed by atoms with Gasteiger partial charge in [0.15, 0.2) is 0 Å².